The standard InChI is InChI=1S/C15H23N/c1-10(2)12-5-6-13-7-14(11(3)4)9-16-15(13)8-12/h7,9-12H,5-6,8H2,1-4H3/t12-/m0/s1. The van der Waals surface area contributed by atoms with E-state index in [2.05, 4.69) is 44.9 Å². The maximum atomic E-state index is 4.67. The fraction of sp³-hybridized carbons (Fsp3) is 0.667. The summed E-state index contributed by atoms with van der Waals surface area (Å²) in [6.07, 6.45) is 5.83. The molecule has 1 heteroatoms. The van der Waals surface area contributed by atoms with Gasteiger partial charge in [-0.1, -0.05) is 33.8 Å². The molecule has 1 atom stereocenters. The lowest BCUT2D eigenvalue weighted by Crippen LogP contribution is -2.20. The summed E-state index contributed by atoms with van der Waals surface area (Å²) < 4.78 is 0. The van der Waals surface area contributed by atoms with Crippen molar-refractivity contribution in [2.75, 3.05) is 0 Å². The SMILES string of the molecule is CC(C)c1cnc2c(c1)CC[C@H](C(C)C)C2. The molecule has 1 aromatic heterocycles. The van der Waals surface area contributed by atoms with Gasteiger partial charge in [0.05, 0.1) is 0 Å². The lowest BCUT2D eigenvalue weighted by atomic mass is 9.80. The van der Waals surface area contributed by atoms with Crippen LogP contribution < -0.4 is 0 Å². The van der Waals surface area contributed by atoms with Gasteiger partial charge in [-0.05, 0) is 48.1 Å². The van der Waals surface area contributed by atoms with Crippen molar-refractivity contribution in [2.45, 2.75) is 52.9 Å². The average molecular weight is 217 g/mol. The van der Waals surface area contributed by atoms with Gasteiger partial charge in [0, 0.05) is 11.9 Å². The maximum Gasteiger partial charge on any atom is 0.0438 e. The molecule has 0 amide bonds. The van der Waals surface area contributed by atoms with E-state index in [9.17, 15) is 0 Å². The maximum absolute atomic E-state index is 4.67. The van der Waals surface area contributed by atoms with E-state index >= 15 is 0 Å². The first-order chi connectivity index (χ1) is 7.58. The van der Waals surface area contributed by atoms with Crippen LogP contribution in [0.4, 0.5) is 0 Å². The quantitative estimate of drug-likeness (QED) is 0.730. The van der Waals surface area contributed by atoms with E-state index in [0.717, 1.165) is 11.8 Å². The third kappa shape index (κ3) is 2.28. The molecule has 0 N–H and O–H groups in total. The summed E-state index contributed by atoms with van der Waals surface area (Å²) in [4.78, 5) is 4.67. The Bertz CT molecular complexity index is 366. The van der Waals surface area contributed by atoms with Crippen molar-refractivity contribution in [1.29, 1.82) is 0 Å². The molecule has 0 radical (unpaired) electrons. The van der Waals surface area contributed by atoms with Gasteiger partial charge in [0.2, 0.25) is 0 Å². The number of nitrogens with zero attached hydrogens (tertiary/aromatic N) is 1. The van der Waals surface area contributed by atoms with Crippen molar-refractivity contribution in [2.24, 2.45) is 11.8 Å². The number of hydrogen-bond donors (Lipinski definition) is 0. The molecular formula is C15H23N. The van der Waals surface area contributed by atoms with E-state index in [1.807, 2.05) is 0 Å². The van der Waals surface area contributed by atoms with Crippen molar-refractivity contribution < 1.29 is 0 Å². The van der Waals surface area contributed by atoms with Gasteiger partial charge in [0.1, 0.15) is 0 Å². The Hall–Kier alpha value is -0.850. The predicted molar refractivity (Wildman–Crippen MR) is 68.7 cm³/mol. The molecule has 0 fully saturated rings. The van der Waals surface area contributed by atoms with Gasteiger partial charge in [-0.2, -0.15) is 0 Å². The van der Waals surface area contributed by atoms with Crippen LogP contribution in [0.2, 0.25) is 0 Å². The van der Waals surface area contributed by atoms with Gasteiger partial charge in [-0.25, -0.2) is 0 Å². The van der Waals surface area contributed by atoms with Crippen LogP contribution >= 0.6 is 0 Å². The molecule has 2 rings (SSSR count). The number of fused-ring (bicyclic) bond motifs is 1. The van der Waals surface area contributed by atoms with E-state index in [1.54, 1.807) is 0 Å². The monoisotopic (exact) mass is 217 g/mol. The smallest absolute Gasteiger partial charge is 0.0438 e. The summed E-state index contributed by atoms with van der Waals surface area (Å²) in [7, 11) is 0. The summed E-state index contributed by atoms with van der Waals surface area (Å²) >= 11 is 0. The Labute approximate surface area is 99.3 Å². The molecule has 1 aliphatic rings. The number of pyridine rings is 1. The summed E-state index contributed by atoms with van der Waals surface area (Å²) in [5, 5.41) is 0. The van der Waals surface area contributed by atoms with Gasteiger partial charge in [-0.15, -0.1) is 0 Å². The highest BCUT2D eigenvalue weighted by molar-refractivity contribution is 5.29. The van der Waals surface area contributed by atoms with Crippen molar-refractivity contribution in [3.8, 4) is 0 Å². The Morgan fingerprint density at radius 2 is 2.00 bits per heavy atom. The first-order valence-electron chi connectivity index (χ1n) is 6.55. The Kier molecular flexibility index (Phi) is 3.32. The normalized spacial score (nSPS) is 20.2. The van der Waals surface area contributed by atoms with Crippen molar-refractivity contribution in [3.63, 3.8) is 0 Å². The van der Waals surface area contributed by atoms with Crippen LogP contribution in [-0.2, 0) is 12.8 Å². The topological polar surface area (TPSA) is 12.9 Å². The summed E-state index contributed by atoms with van der Waals surface area (Å²) in [5.41, 5.74) is 4.25. The molecule has 1 aromatic rings. The highest BCUT2D eigenvalue weighted by Gasteiger charge is 2.22. The highest BCUT2D eigenvalue weighted by atomic mass is 14.7. The molecule has 0 unspecified atom stereocenters. The van der Waals surface area contributed by atoms with Crippen LogP contribution in [0.3, 0.4) is 0 Å². The molecular weight excluding hydrogens is 194 g/mol. The zero-order valence-corrected chi connectivity index (χ0v) is 11.0. The van der Waals surface area contributed by atoms with Crippen molar-refractivity contribution in [3.05, 3.63) is 29.1 Å². The second-order valence-corrected chi connectivity index (χ2v) is 5.78. The third-order valence-electron chi connectivity index (χ3n) is 3.93. The van der Waals surface area contributed by atoms with Crippen LogP contribution in [0.5, 0.6) is 0 Å². The predicted octanol–water partition coefficient (Wildman–Crippen LogP) is 3.97. The van der Waals surface area contributed by atoms with E-state index in [-0.39, 0.29) is 0 Å². The van der Waals surface area contributed by atoms with Crippen LogP contribution in [0.15, 0.2) is 12.3 Å². The second-order valence-electron chi connectivity index (χ2n) is 5.78. The van der Waals surface area contributed by atoms with Gasteiger partial charge >= 0.3 is 0 Å². The number of rotatable bonds is 2. The number of hydrogen-bond acceptors (Lipinski definition) is 1. The van der Waals surface area contributed by atoms with Crippen molar-refractivity contribution in [1.82, 2.24) is 4.98 Å². The Morgan fingerprint density at radius 3 is 2.62 bits per heavy atom. The molecule has 0 saturated heterocycles. The largest absolute Gasteiger partial charge is 0.261 e. The molecule has 0 saturated carbocycles. The minimum absolute atomic E-state index is 0.598. The van der Waals surface area contributed by atoms with Crippen LogP contribution in [0.25, 0.3) is 0 Å². The van der Waals surface area contributed by atoms with Gasteiger partial charge < -0.3 is 0 Å². The van der Waals surface area contributed by atoms with Crippen LogP contribution in [0.1, 0.15) is 56.9 Å². The fourth-order valence-electron chi connectivity index (χ4n) is 2.53. The molecule has 88 valence electrons. The molecule has 0 aromatic carbocycles. The lowest BCUT2D eigenvalue weighted by Gasteiger charge is -2.27. The molecule has 0 aliphatic heterocycles. The van der Waals surface area contributed by atoms with Crippen LogP contribution in [-0.4, -0.2) is 4.98 Å². The van der Waals surface area contributed by atoms with Crippen molar-refractivity contribution >= 4 is 0 Å². The Morgan fingerprint density at radius 1 is 1.25 bits per heavy atom. The molecule has 1 heterocycles. The average Bonchev–Trinajstić information content (AvgIpc) is 2.27. The molecule has 0 bridgehead atoms. The Balaban J connectivity index is 2.22. The van der Waals surface area contributed by atoms with Crippen LogP contribution in [0, 0.1) is 11.8 Å². The van der Waals surface area contributed by atoms with E-state index in [0.29, 0.717) is 5.92 Å². The molecule has 1 nitrogen and oxygen atoms in total. The van der Waals surface area contributed by atoms with Gasteiger partial charge in [0.15, 0.2) is 0 Å². The first kappa shape index (κ1) is 11.6. The minimum Gasteiger partial charge on any atom is -0.261 e. The minimum atomic E-state index is 0.598. The van der Waals surface area contributed by atoms with E-state index < -0.39 is 0 Å². The molecule has 16 heavy (non-hydrogen) atoms. The third-order valence-corrected chi connectivity index (χ3v) is 3.93. The van der Waals surface area contributed by atoms with E-state index in [1.165, 1.54) is 36.1 Å². The fourth-order valence-corrected chi connectivity index (χ4v) is 2.53. The van der Waals surface area contributed by atoms with Gasteiger partial charge in [0.25, 0.3) is 0 Å². The number of aromatic nitrogens is 1. The summed E-state index contributed by atoms with van der Waals surface area (Å²) in [6, 6.07) is 2.38. The molecule has 1 aliphatic carbocycles. The molecule has 0 spiro atoms. The highest BCUT2D eigenvalue weighted by Crippen LogP contribution is 2.30. The van der Waals surface area contributed by atoms with Gasteiger partial charge in [-0.3, -0.25) is 4.98 Å². The summed E-state index contributed by atoms with van der Waals surface area (Å²) in [6.45, 7) is 9.14. The van der Waals surface area contributed by atoms with E-state index in [4.69, 9.17) is 0 Å². The zero-order valence-electron chi connectivity index (χ0n) is 11.0. The lowest BCUT2D eigenvalue weighted by molar-refractivity contribution is 0.338. The first-order valence-corrected chi connectivity index (χ1v) is 6.55. The zero-order chi connectivity index (χ0) is 11.7. The summed E-state index contributed by atoms with van der Waals surface area (Å²) in [5.74, 6) is 2.23. The number of aryl methyl sites for hydroxylation is 1. The second kappa shape index (κ2) is 4.57.